The van der Waals surface area contributed by atoms with Crippen LogP contribution < -0.4 is 21.5 Å². The van der Waals surface area contributed by atoms with Crippen molar-refractivity contribution in [3.8, 4) is 0 Å². The van der Waals surface area contributed by atoms with Gasteiger partial charge in [0.05, 0.1) is 23.0 Å². The summed E-state index contributed by atoms with van der Waals surface area (Å²) >= 11 is 0. The summed E-state index contributed by atoms with van der Waals surface area (Å²) < 4.78 is 28.9. The third kappa shape index (κ3) is 5.32. The van der Waals surface area contributed by atoms with Gasteiger partial charge in [-0.1, -0.05) is 43.3 Å². The van der Waals surface area contributed by atoms with Crippen LogP contribution in [0.25, 0.3) is 0 Å². The number of aliphatic carboxylic acids is 1. The van der Waals surface area contributed by atoms with Crippen LogP contribution in [0.3, 0.4) is 0 Å². The van der Waals surface area contributed by atoms with Gasteiger partial charge in [0.2, 0.25) is 10.0 Å². The van der Waals surface area contributed by atoms with Crippen LogP contribution in [0.5, 0.6) is 0 Å². The lowest BCUT2D eigenvalue weighted by molar-refractivity contribution is -0.141. The predicted molar refractivity (Wildman–Crippen MR) is 155 cm³/mol. The molecule has 1 aliphatic heterocycles. The maximum absolute atomic E-state index is 13.7. The number of anilines is 3. The van der Waals surface area contributed by atoms with Gasteiger partial charge < -0.3 is 20.7 Å². The van der Waals surface area contributed by atoms with Crippen LogP contribution in [0.2, 0.25) is 0 Å². The SMILES string of the molecule is Cc1ccc(C(c2ccc(N(C)N)c(N)c2C)C(C)C(=O)O)cc1CN1CCN(C)c2ccccc2S1(=O)=O. The van der Waals surface area contributed by atoms with Crippen molar-refractivity contribution in [2.24, 2.45) is 11.8 Å². The molecule has 39 heavy (non-hydrogen) atoms. The number of hydrogen-bond donors (Lipinski definition) is 3. The number of aryl methyl sites for hydroxylation is 1. The molecular formula is C29H37N5O4S. The zero-order valence-electron chi connectivity index (χ0n) is 23.0. The molecule has 3 aromatic rings. The fourth-order valence-electron chi connectivity index (χ4n) is 5.30. The molecule has 10 heteroatoms. The van der Waals surface area contributed by atoms with E-state index in [9.17, 15) is 18.3 Å². The van der Waals surface area contributed by atoms with Gasteiger partial charge in [-0.05, 0) is 59.9 Å². The second-order valence-corrected chi connectivity index (χ2v) is 12.2. The number of carboxylic acids is 1. The first kappa shape index (κ1) is 28.4. The first-order valence-corrected chi connectivity index (χ1v) is 14.3. The van der Waals surface area contributed by atoms with Crippen molar-refractivity contribution in [3.05, 3.63) is 82.4 Å². The standard InChI is InChI=1S/C29H37N5O4S/c1-18-10-11-21(27(20(3)29(35)36)23-12-13-25(33(5)31)28(30)19(23)2)16-22(18)17-34-15-14-32(4)24-8-6-7-9-26(24)39(34,37)38/h6-13,16,20,27H,14-15,17,30-31H2,1-5H3,(H,35,36). The van der Waals surface area contributed by atoms with Gasteiger partial charge in [-0.2, -0.15) is 4.31 Å². The van der Waals surface area contributed by atoms with Gasteiger partial charge >= 0.3 is 5.97 Å². The molecule has 2 unspecified atom stereocenters. The van der Waals surface area contributed by atoms with E-state index in [2.05, 4.69) is 0 Å². The number of para-hydroxylation sites is 1. The number of benzene rings is 3. The van der Waals surface area contributed by atoms with E-state index in [1.807, 2.05) is 62.2 Å². The fraction of sp³-hybridized carbons (Fsp3) is 0.345. The van der Waals surface area contributed by atoms with E-state index >= 15 is 0 Å². The Morgan fingerprint density at radius 2 is 1.79 bits per heavy atom. The molecule has 0 bridgehead atoms. The normalized spacial score (nSPS) is 16.7. The first-order valence-electron chi connectivity index (χ1n) is 12.8. The monoisotopic (exact) mass is 551 g/mol. The molecule has 4 rings (SSSR count). The minimum absolute atomic E-state index is 0.177. The van der Waals surface area contributed by atoms with Crippen molar-refractivity contribution in [2.75, 3.05) is 42.8 Å². The number of carboxylic acid groups (broad SMARTS) is 1. The van der Waals surface area contributed by atoms with E-state index in [1.54, 1.807) is 32.2 Å². The van der Waals surface area contributed by atoms with Gasteiger partial charge in [0.1, 0.15) is 4.90 Å². The Labute approximate surface area is 230 Å². The van der Waals surface area contributed by atoms with Crippen LogP contribution in [-0.4, -0.2) is 51.0 Å². The van der Waals surface area contributed by atoms with E-state index in [0.29, 0.717) is 30.2 Å². The van der Waals surface area contributed by atoms with Gasteiger partial charge in [0, 0.05) is 39.6 Å². The minimum atomic E-state index is -3.74. The average molecular weight is 552 g/mol. The molecule has 0 aromatic heterocycles. The van der Waals surface area contributed by atoms with E-state index in [0.717, 1.165) is 27.8 Å². The summed E-state index contributed by atoms with van der Waals surface area (Å²) in [6, 6.07) is 16.5. The lowest BCUT2D eigenvalue weighted by Crippen LogP contribution is -2.33. The minimum Gasteiger partial charge on any atom is -0.481 e. The molecule has 0 fully saturated rings. The van der Waals surface area contributed by atoms with Crippen molar-refractivity contribution < 1.29 is 18.3 Å². The number of nitrogens with two attached hydrogens (primary N) is 2. The number of nitrogens with zero attached hydrogens (tertiary/aromatic N) is 3. The van der Waals surface area contributed by atoms with Crippen LogP contribution >= 0.6 is 0 Å². The third-order valence-electron chi connectivity index (χ3n) is 7.80. The van der Waals surface area contributed by atoms with E-state index < -0.39 is 27.8 Å². The second-order valence-electron chi connectivity index (χ2n) is 10.3. The second kappa shape index (κ2) is 10.9. The Hall–Kier alpha value is -3.60. The highest BCUT2D eigenvalue weighted by atomic mass is 32.2. The number of fused-ring (bicyclic) bond motifs is 1. The van der Waals surface area contributed by atoms with Crippen molar-refractivity contribution in [3.63, 3.8) is 0 Å². The molecule has 0 radical (unpaired) electrons. The van der Waals surface area contributed by atoms with Gasteiger partial charge in [-0.3, -0.25) is 4.79 Å². The van der Waals surface area contributed by atoms with Crippen molar-refractivity contribution >= 4 is 33.1 Å². The molecule has 0 saturated heterocycles. The Kier molecular flexibility index (Phi) is 7.92. The summed E-state index contributed by atoms with van der Waals surface area (Å²) in [4.78, 5) is 14.5. The molecule has 0 saturated carbocycles. The fourth-order valence-corrected chi connectivity index (χ4v) is 6.94. The summed E-state index contributed by atoms with van der Waals surface area (Å²) in [6.45, 7) is 6.54. The van der Waals surface area contributed by atoms with Crippen LogP contribution in [0.4, 0.5) is 17.1 Å². The van der Waals surface area contributed by atoms with Gasteiger partial charge in [-0.15, -0.1) is 0 Å². The predicted octanol–water partition coefficient (Wildman–Crippen LogP) is 3.69. The number of likely N-dealkylation sites (N-methyl/N-ethyl adjacent to an activating group) is 1. The summed E-state index contributed by atoms with van der Waals surface area (Å²) in [6.07, 6.45) is 0. The van der Waals surface area contributed by atoms with E-state index in [1.165, 1.54) is 9.31 Å². The van der Waals surface area contributed by atoms with Gasteiger partial charge in [0.15, 0.2) is 0 Å². The van der Waals surface area contributed by atoms with Crippen molar-refractivity contribution in [2.45, 2.75) is 38.1 Å². The third-order valence-corrected chi connectivity index (χ3v) is 9.69. The Balaban J connectivity index is 1.79. The van der Waals surface area contributed by atoms with E-state index in [-0.39, 0.29) is 11.4 Å². The number of hydrogen-bond acceptors (Lipinski definition) is 7. The quantitative estimate of drug-likeness (QED) is 0.230. The summed E-state index contributed by atoms with van der Waals surface area (Å²) in [5.41, 5.74) is 12.3. The zero-order valence-corrected chi connectivity index (χ0v) is 23.9. The summed E-state index contributed by atoms with van der Waals surface area (Å²) in [5.74, 6) is 3.73. The highest BCUT2D eigenvalue weighted by molar-refractivity contribution is 7.89. The molecule has 3 aromatic carbocycles. The molecule has 208 valence electrons. The number of carbonyl (C=O) groups is 1. The van der Waals surface area contributed by atoms with Gasteiger partial charge in [-0.25, -0.2) is 14.3 Å². The molecule has 0 aliphatic carbocycles. The Morgan fingerprint density at radius 1 is 1.10 bits per heavy atom. The highest BCUT2D eigenvalue weighted by Gasteiger charge is 2.33. The number of nitrogen functional groups attached to an aromatic ring is 1. The molecule has 2 atom stereocenters. The molecule has 1 aliphatic rings. The smallest absolute Gasteiger partial charge is 0.307 e. The van der Waals surface area contributed by atoms with Gasteiger partial charge in [0.25, 0.3) is 0 Å². The summed E-state index contributed by atoms with van der Waals surface area (Å²) in [7, 11) is -0.155. The topological polar surface area (TPSA) is 133 Å². The van der Waals surface area contributed by atoms with Crippen LogP contribution in [-0.2, 0) is 21.4 Å². The van der Waals surface area contributed by atoms with Crippen molar-refractivity contribution in [1.82, 2.24) is 4.31 Å². The molecule has 9 nitrogen and oxygen atoms in total. The van der Waals surface area contributed by atoms with Crippen LogP contribution in [0.15, 0.2) is 59.5 Å². The number of sulfonamides is 1. The van der Waals surface area contributed by atoms with Crippen molar-refractivity contribution in [1.29, 1.82) is 0 Å². The lowest BCUT2D eigenvalue weighted by atomic mass is 9.78. The molecule has 1 heterocycles. The Morgan fingerprint density at radius 3 is 2.46 bits per heavy atom. The maximum atomic E-state index is 13.7. The van der Waals surface area contributed by atoms with Crippen LogP contribution in [0.1, 0.15) is 40.7 Å². The Bertz CT molecular complexity index is 1510. The average Bonchev–Trinajstić information content (AvgIpc) is 2.98. The molecule has 5 N–H and O–H groups in total. The number of rotatable bonds is 7. The maximum Gasteiger partial charge on any atom is 0.307 e. The largest absolute Gasteiger partial charge is 0.481 e. The molecular weight excluding hydrogens is 514 g/mol. The van der Waals surface area contributed by atoms with E-state index in [4.69, 9.17) is 11.6 Å². The lowest BCUT2D eigenvalue weighted by Gasteiger charge is -2.28. The molecule has 0 amide bonds. The summed E-state index contributed by atoms with van der Waals surface area (Å²) in [5, 5.41) is 11.5. The molecule has 0 spiro atoms. The first-order chi connectivity index (χ1) is 18.3. The zero-order chi connectivity index (χ0) is 28.6. The van der Waals surface area contributed by atoms with Crippen LogP contribution in [0, 0.1) is 19.8 Å². The number of hydrazine groups is 1. The highest BCUT2D eigenvalue weighted by Crippen LogP contribution is 2.39.